The van der Waals surface area contributed by atoms with Crippen LogP contribution in [0.3, 0.4) is 0 Å². The Morgan fingerprint density at radius 1 is 0.933 bits per heavy atom. The third-order valence-corrected chi connectivity index (χ3v) is 5.09. The van der Waals surface area contributed by atoms with Crippen molar-refractivity contribution in [3.63, 3.8) is 0 Å². The van der Waals surface area contributed by atoms with Gasteiger partial charge < -0.3 is 19.4 Å². The van der Waals surface area contributed by atoms with Crippen LogP contribution in [-0.4, -0.2) is 60.5 Å². The van der Waals surface area contributed by atoms with Crippen LogP contribution in [-0.2, 0) is 4.79 Å². The van der Waals surface area contributed by atoms with Crippen LogP contribution in [0.15, 0.2) is 73.1 Å². The number of para-hydroxylation sites is 3. The van der Waals surface area contributed by atoms with Gasteiger partial charge in [-0.1, -0.05) is 30.3 Å². The molecular formula is C23H25N5O2. The molecule has 3 aromatic rings. The Labute approximate surface area is 176 Å². The SMILES string of the molecule is CN(CC(=O)N1CCN(c2ncccn2)CC1)c1ccccc1Oc1ccccc1. The summed E-state index contributed by atoms with van der Waals surface area (Å²) in [6.07, 6.45) is 3.48. The number of likely N-dealkylation sites (N-methyl/N-ethyl adjacent to an activating group) is 1. The summed E-state index contributed by atoms with van der Waals surface area (Å²) in [5.74, 6) is 2.31. The Kier molecular flexibility index (Phi) is 6.08. The number of benzene rings is 2. The van der Waals surface area contributed by atoms with Gasteiger partial charge >= 0.3 is 0 Å². The van der Waals surface area contributed by atoms with Gasteiger partial charge in [0, 0.05) is 45.6 Å². The van der Waals surface area contributed by atoms with Crippen molar-refractivity contribution in [1.29, 1.82) is 0 Å². The van der Waals surface area contributed by atoms with E-state index in [4.69, 9.17) is 4.74 Å². The number of carbonyl (C=O) groups is 1. The summed E-state index contributed by atoms with van der Waals surface area (Å²) in [6.45, 7) is 3.07. The fraction of sp³-hybridized carbons (Fsp3) is 0.261. The fourth-order valence-corrected chi connectivity index (χ4v) is 3.47. The highest BCUT2D eigenvalue weighted by molar-refractivity contribution is 5.82. The zero-order chi connectivity index (χ0) is 20.8. The minimum Gasteiger partial charge on any atom is -0.455 e. The first-order chi connectivity index (χ1) is 14.7. The van der Waals surface area contributed by atoms with Crippen LogP contribution in [0, 0.1) is 0 Å². The van der Waals surface area contributed by atoms with Crippen LogP contribution in [0.25, 0.3) is 0 Å². The maximum Gasteiger partial charge on any atom is 0.242 e. The lowest BCUT2D eigenvalue weighted by Crippen LogP contribution is -2.51. The van der Waals surface area contributed by atoms with Gasteiger partial charge in [0.15, 0.2) is 5.75 Å². The van der Waals surface area contributed by atoms with Crippen molar-refractivity contribution < 1.29 is 9.53 Å². The number of piperazine rings is 1. The molecule has 0 spiro atoms. The van der Waals surface area contributed by atoms with Crippen LogP contribution in [0.4, 0.5) is 11.6 Å². The number of nitrogens with zero attached hydrogens (tertiary/aromatic N) is 5. The molecule has 2 heterocycles. The van der Waals surface area contributed by atoms with Crippen molar-refractivity contribution >= 4 is 17.5 Å². The largest absolute Gasteiger partial charge is 0.455 e. The summed E-state index contributed by atoms with van der Waals surface area (Å²) in [4.78, 5) is 27.4. The van der Waals surface area contributed by atoms with Gasteiger partial charge in [-0.2, -0.15) is 0 Å². The second kappa shape index (κ2) is 9.26. The summed E-state index contributed by atoms with van der Waals surface area (Å²) in [6, 6.07) is 19.2. The number of amides is 1. The molecule has 0 bridgehead atoms. The van der Waals surface area contributed by atoms with E-state index in [1.807, 2.05) is 71.4 Å². The fourth-order valence-electron chi connectivity index (χ4n) is 3.47. The molecule has 1 amide bonds. The second-order valence-electron chi connectivity index (χ2n) is 7.16. The summed E-state index contributed by atoms with van der Waals surface area (Å²) in [5.41, 5.74) is 0.881. The van der Waals surface area contributed by atoms with E-state index in [2.05, 4.69) is 14.9 Å². The molecule has 0 N–H and O–H groups in total. The predicted molar refractivity (Wildman–Crippen MR) is 117 cm³/mol. The number of hydrogen-bond acceptors (Lipinski definition) is 6. The Balaban J connectivity index is 1.36. The van der Waals surface area contributed by atoms with Crippen molar-refractivity contribution in [2.75, 3.05) is 49.6 Å². The van der Waals surface area contributed by atoms with Crippen molar-refractivity contribution in [3.05, 3.63) is 73.1 Å². The highest BCUT2D eigenvalue weighted by Crippen LogP contribution is 2.31. The molecule has 2 aromatic carbocycles. The molecule has 0 unspecified atom stereocenters. The third-order valence-electron chi connectivity index (χ3n) is 5.09. The summed E-state index contributed by atoms with van der Waals surface area (Å²) in [5, 5.41) is 0. The molecule has 1 fully saturated rings. The Morgan fingerprint density at radius 2 is 1.60 bits per heavy atom. The lowest BCUT2D eigenvalue weighted by Gasteiger charge is -2.35. The average molecular weight is 403 g/mol. The van der Waals surface area contributed by atoms with Crippen molar-refractivity contribution in [3.8, 4) is 11.5 Å². The Bertz CT molecular complexity index is 960. The van der Waals surface area contributed by atoms with E-state index in [-0.39, 0.29) is 12.5 Å². The molecular weight excluding hydrogens is 378 g/mol. The molecule has 0 saturated carbocycles. The van der Waals surface area contributed by atoms with E-state index in [0.29, 0.717) is 19.0 Å². The number of hydrogen-bond donors (Lipinski definition) is 0. The number of rotatable bonds is 6. The number of anilines is 2. The lowest BCUT2D eigenvalue weighted by atomic mass is 10.2. The summed E-state index contributed by atoms with van der Waals surface area (Å²) < 4.78 is 6.03. The van der Waals surface area contributed by atoms with Gasteiger partial charge in [0.1, 0.15) is 5.75 Å². The van der Waals surface area contributed by atoms with Gasteiger partial charge in [-0.15, -0.1) is 0 Å². The maximum absolute atomic E-state index is 12.9. The Morgan fingerprint density at radius 3 is 2.33 bits per heavy atom. The summed E-state index contributed by atoms with van der Waals surface area (Å²) in [7, 11) is 1.92. The maximum atomic E-state index is 12.9. The first-order valence-electron chi connectivity index (χ1n) is 10.0. The highest BCUT2D eigenvalue weighted by Gasteiger charge is 2.23. The first kappa shape index (κ1) is 19.7. The van der Waals surface area contributed by atoms with Crippen LogP contribution < -0.4 is 14.5 Å². The van der Waals surface area contributed by atoms with Crippen LogP contribution in [0.5, 0.6) is 11.5 Å². The molecule has 1 aliphatic rings. The number of carbonyl (C=O) groups excluding carboxylic acids is 1. The molecule has 1 aromatic heterocycles. The zero-order valence-electron chi connectivity index (χ0n) is 17.0. The Hall–Kier alpha value is -3.61. The van der Waals surface area contributed by atoms with Crippen LogP contribution in [0.2, 0.25) is 0 Å². The molecule has 30 heavy (non-hydrogen) atoms. The average Bonchev–Trinajstić information content (AvgIpc) is 2.81. The lowest BCUT2D eigenvalue weighted by molar-refractivity contribution is -0.129. The third kappa shape index (κ3) is 4.68. The van der Waals surface area contributed by atoms with Gasteiger partial charge in [-0.05, 0) is 30.3 Å². The molecule has 1 saturated heterocycles. The van der Waals surface area contributed by atoms with Gasteiger partial charge in [-0.3, -0.25) is 4.79 Å². The minimum absolute atomic E-state index is 0.0978. The van der Waals surface area contributed by atoms with Gasteiger partial charge in [0.05, 0.1) is 12.2 Å². The summed E-state index contributed by atoms with van der Waals surface area (Å²) >= 11 is 0. The van der Waals surface area contributed by atoms with E-state index >= 15 is 0 Å². The molecule has 0 radical (unpaired) electrons. The van der Waals surface area contributed by atoms with E-state index in [9.17, 15) is 4.79 Å². The van der Waals surface area contributed by atoms with Gasteiger partial charge in [-0.25, -0.2) is 9.97 Å². The van der Waals surface area contributed by atoms with Gasteiger partial charge in [0.2, 0.25) is 11.9 Å². The number of ether oxygens (including phenoxy) is 1. The van der Waals surface area contributed by atoms with E-state index in [0.717, 1.165) is 30.3 Å². The molecule has 7 heteroatoms. The molecule has 0 atom stereocenters. The highest BCUT2D eigenvalue weighted by atomic mass is 16.5. The monoisotopic (exact) mass is 403 g/mol. The first-order valence-corrected chi connectivity index (χ1v) is 10.0. The predicted octanol–water partition coefficient (Wildman–Crippen LogP) is 3.05. The normalized spacial score (nSPS) is 13.8. The zero-order valence-corrected chi connectivity index (χ0v) is 17.0. The second-order valence-corrected chi connectivity index (χ2v) is 7.16. The number of aromatic nitrogens is 2. The topological polar surface area (TPSA) is 61.8 Å². The van der Waals surface area contributed by atoms with Crippen molar-refractivity contribution in [2.24, 2.45) is 0 Å². The van der Waals surface area contributed by atoms with E-state index in [1.54, 1.807) is 18.5 Å². The van der Waals surface area contributed by atoms with E-state index < -0.39 is 0 Å². The molecule has 0 aliphatic carbocycles. The smallest absolute Gasteiger partial charge is 0.242 e. The molecule has 154 valence electrons. The minimum atomic E-state index is 0.0978. The molecule has 7 nitrogen and oxygen atoms in total. The molecule has 4 rings (SSSR count). The van der Waals surface area contributed by atoms with Crippen molar-refractivity contribution in [1.82, 2.24) is 14.9 Å². The quantitative estimate of drug-likeness (QED) is 0.630. The molecule has 1 aliphatic heterocycles. The van der Waals surface area contributed by atoms with Crippen LogP contribution >= 0.6 is 0 Å². The standard InChI is InChI=1S/C23H25N5O2/c1-26(20-10-5-6-11-21(20)30-19-8-3-2-4-9-19)18-22(29)27-14-16-28(17-15-27)23-24-12-7-13-25-23/h2-13H,14-18H2,1H3. The van der Waals surface area contributed by atoms with Crippen molar-refractivity contribution in [2.45, 2.75) is 0 Å². The van der Waals surface area contributed by atoms with Gasteiger partial charge in [0.25, 0.3) is 0 Å². The van der Waals surface area contributed by atoms with E-state index in [1.165, 1.54) is 0 Å². The van der Waals surface area contributed by atoms with Crippen LogP contribution in [0.1, 0.15) is 0 Å².